The first-order valence-electron chi connectivity index (χ1n) is 13.4. The van der Waals surface area contributed by atoms with E-state index in [0.717, 1.165) is 33.1 Å². The van der Waals surface area contributed by atoms with Gasteiger partial charge in [0.25, 0.3) is 0 Å². The molecule has 0 unspecified atom stereocenters. The lowest BCUT2D eigenvalue weighted by atomic mass is 9.67. The van der Waals surface area contributed by atoms with Gasteiger partial charge in [0.15, 0.2) is 0 Å². The lowest BCUT2D eigenvalue weighted by Crippen LogP contribution is -2.28. The molecule has 8 rings (SSSR count). The van der Waals surface area contributed by atoms with Gasteiger partial charge in [0.1, 0.15) is 5.75 Å². The van der Waals surface area contributed by atoms with Gasteiger partial charge in [-0.2, -0.15) is 0 Å². The number of benzene rings is 6. The molecule has 0 amide bonds. The van der Waals surface area contributed by atoms with Crippen LogP contribution in [0.4, 0.5) is 0 Å². The molecule has 0 aliphatic heterocycles. The van der Waals surface area contributed by atoms with Gasteiger partial charge in [-0.3, -0.25) is 0 Å². The molecule has 1 aliphatic carbocycles. The summed E-state index contributed by atoms with van der Waals surface area (Å²) in [7, 11) is 0. The molecule has 1 aromatic heterocycles. The largest absolute Gasteiger partial charge is 0.506 e. The van der Waals surface area contributed by atoms with Crippen LogP contribution in [0.15, 0.2) is 146 Å². The van der Waals surface area contributed by atoms with E-state index in [1.54, 1.807) is 0 Å². The van der Waals surface area contributed by atoms with Crippen LogP contribution in [0.5, 0.6) is 5.75 Å². The van der Waals surface area contributed by atoms with Crippen molar-refractivity contribution < 1.29 is 5.11 Å². The van der Waals surface area contributed by atoms with Crippen LogP contribution in [-0.4, -0.2) is 9.67 Å². The third-order valence-electron chi connectivity index (χ3n) is 8.35. The number of rotatable bonds is 3. The van der Waals surface area contributed by atoms with E-state index in [-0.39, 0.29) is 5.75 Å². The third kappa shape index (κ3) is 2.86. The van der Waals surface area contributed by atoms with Crippen LogP contribution in [0.25, 0.3) is 38.6 Å². The molecule has 1 heterocycles. The third-order valence-corrected chi connectivity index (χ3v) is 8.35. The number of aromatic nitrogens is 1. The van der Waals surface area contributed by atoms with Gasteiger partial charge in [0.05, 0.1) is 16.4 Å². The summed E-state index contributed by atoms with van der Waals surface area (Å²) in [6.07, 6.45) is 0. The van der Waals surface area contributed by atoms with E-state index in [4.69, 9.17) is 0 Å². The van der Waals surface area contributed by atoms with Gasteiger partial charge in [-0.05, 0) is 57.6 Å². The van der Waals surface area contributed by atoms with Gasteiger partial charge in [-0.1, -0.05) is 121 Å². The average Bonchev–Trinajstić information content (AvgIpc) is 3.50. The van der Waals surface area contributed by atoms with E-state index in [9.17, 15) is 5.11 Å². The summed E-state index contributed by atoms with van der Waals surface area (Å²) in [5.74, 6) is 0.285. The van der Waals surface area contributed by atoms with Crippen LogP contribution >= 0.6 is 0 Å². The van der Waals surface area contributed by atoms with Crippen LogP contribution in [0.1, 0.15) is 22.3 Å². The van der Waals surface area contributed by atoms with Gasteiger partial charge in [0, 0.05) is 16.5 Å². The average molecular weight is 500 g/mol. The maximum atomic E-state index is 12.0. The Kier molecular flexibility index (Phi) is 4.62. The molecule has 2 nitrogen and oxygen atoms in total. The monoisotopic (exact) mass is 499 g/mol. The smallest absolute Gasteiger partial charge is 0.140 e. The molecule has 2 heteroatoms. The molecule has 0 spiro atoms. The van der Waals surface area contributed by atoms with Crippen molar-refractivity contribution in [2.45, 2.75) is 5.41 Å². The van der Waals surface area contributed by atoms with Gasteiger partial charge in [-0.25, -0.2) is 0 Å². The highest BCUT2D eigenvalue weighted by Crippen LogP contribution is 2.60. The Morgan fingerprint density at radius 2 is 1.10 bits per heavy atom. The molecule has 184 valence electrons. The standard InChI is InChI=1S/C37H25NO/c39-33-24-31-34(35-29-21-11-13-23-32(29)38(36(33)35)27-18-8-3-9-19-27)28-20-10-12-22-30(28)37(31,25-14-4-1-5-15-25)26-16-6-2-7-17-26/h1-24,39H. The van der Waals surface area contributed by atoms with E-state index >= 15 is 0 Å². The predicted molar refractivity (Wildman–Crippen MR) is 160 cm³/mol. The number of nitrogens with zero attached hydrogens (tertiary/aromatic N) is 1. The Morgan fingerprint density at radius 3 is 1.79 bits per heavy atom. The lowest BCUT2D eigenvalue weighted by molar-refractivity contribution is 0.478. The highest BCUT2D eigenvalue weighted by atomic mass is 16.3. The van der Waals surface area contributed by atoms with Crippen LogP contribution < -0.4 is 0 Å². The molecule has 1 N–H and O–H groups in total. The summed E-state index contributed by atoms with van der Waals surface area (Å²) in [5, 5.41) is 14.2. The first-order valence-corrected chi connectivity index (χ1v) is 13.4. The van der Waals surface area contributed by atoms with E-state index in [1.165, 1.54) is 27.8 Å². The van der Waals surface area contributed by atoms with Crippen molar-refractivity contribution in [3.05, 3.63) is 168 Å². The molecule has 39 heavy (non-hydrogen) atoms. The summed E-state index contributed by atoms with van der Waals surface area (Å²) in [5.41, 5.74) is 9.52. The second kappa shape index (κ2) is 8.21. The predicted octanol–water partition coefficient (Wildman–Crippen LogP) is 8.85. The number of phenols is 1. The SMILES string of the molecule is Oc1cc2c(c3c4ccccc4n(-c4ccccc4)c13)-c1ccccc1C2(c1ccccc1)c1ccccc1. The van der Waals surface area contributed by atoms with Crippen LogP contribution in [-0.2, 0) is 5.41 Å². The zero-order valence-electron chi connectivity index (χ0n) is 21.3. The lowest BCUT2D eigenvalue weighted by Gasteiger charge is -2.34. The topological polar surface area (TPSA) is 25.2 Å². The van der Waals surface area contributed by atoms with Crippen molar-refractivity contribution in [1.82, 2.24) is 4.57 Å². The first-order chi connectivity index (χ1) is 19.3. The molecule has 0 saturated carbocycles. The second-order valence-corrected chi connectivity index (χ2v) is 10.3. The Hall–Kier alpha value is -5.08. The molecule has 0 bridgehead atoms. The van der Waals surface area contributed by atoms with E-state index < -0.39 is 5.41 Å². The highest BCUT2D eigenvalue weighted by Gasteiger charge is 2.47. The van der Waals surface area contributed by atoms with Crippen LogP contribution in [0.2, 0.25) is 0 Å². The number of hydrogen-bond donors (Lipinski definition) is 1. The molecular formula is C37H25NO. The van der Waals surface area contributed by atoms with Gasteiger partial charge in [0.2, 0.25) is 0 Å². The van der Waals surface area contributed by atoms with Gasteiger partial charge in [-0.15, -0.1) is 0 Å². The number of phenolic OH excluding ortho intramolecular Hbond substituents is 1. The van der Waals surface area contributed by atoms with E-state index in [0.29, 0.717) is 0 Å². The summed E-state index contributed by atoms with van der Waals surface area (Å²) in [6, 6.07) is 51.1. The molecule has 7 aromatic rings. The maximum Gasteiger partial charge on any atom is 0.140 e. The minimum atomic E-state index is -0.559. The van der Waals surface area contributed by atoms with Crippen molar-refractivity contribution in [3.8, 4) is 22.6 Å². The normalized spacial score (nSPS) is 13.4. The summed E-state index contributed by atoms with van der Waals surface area (Å²) in [6.45, 7) is 0. The zero-order chi connectivity index (χ0) is 26.0. The molecule has 0 saturated heterocycles. The van der Waals surface area contributed by atoms with Crippen molar-refractivity contribution >= 4 is 21.8 Å². The number of fused-ring (bicyclic) bond motifs is 7. The molecule has 1 aliphatic rings. The molecular weight excluding hydrogens is 474 g/mol. The molecule has 6 aromatic carbocycles. The zero-order valence-corrected chi connectivity index (χ0v) is 21.3. The van der Waals surface area contributed by atoms with Gasteiger partial charge >= 0.3 is 0 Å². The first kappa shape index (κ1) is 22.0. The highest BCUT2D eigenvalue weighted by molar-refractivity contribution is 6.20. The Bertz CT molecular complexity index is 1960. The molecule has 0 fully saturated rings. The van der Waals surface area contributed by atoms with E-state index in [2.05, 4.69) is 126 Å². The fraction of sp³-hybridized carbons (Fsp3) is 0.0270. The van der Waals surface area contributed by atoms with Crippen molar-refractivity contribution in [1.29, 1.82) is 0 Å². The fourth-order valence-electron chi connectivity index (χ4n) is 6.91. The van der Waals surface area contributed by atoms with Crippen molar-refractivity contribution in [3.63, 3.8) is 0 Å². The van der Waals surface area contributed by atoms with Crippen LogP contribution in [0.3, 0.4) is 0 Å². The number of para-hydroxylation sites is 2. The Balaban J connectivity index is 1.63. The summed E-state index contributed by atoms with van der Waals surface area (Å²) < 4.78 is 2.20. The molecule has 0 radical (unpaired) electrons. The Morgan fingerprint density at radius 1 is 0.538 bits per heavy atom. The summed E-state index contributed by atoms with van der Waals surface area (Å²) in [4.78, 5) is 0. The maximum absolute atomic E-state index is 12.0. The minimum Gasteiger partial charge on any atom is -0.506 e. The Labute approximate surface area is 227 Å². The molecule has 0 atom stereocenters. The van der Waals surface area contributed by atoms with Crippen LogP contribution in [0, 0.1) is 0 Å². The quantitative estimate of drug-likeness (QED) is 0.258. The van der Waals surface area contributed by atoms with Gasteiger partial charge < -0.3 is 9.67 Å². The van der Waals surface area contributed by atoms with E-state index in [1.807, 2.05) is 24.3 Å². The fourth-order valence-corrected chi connectivity index (χ4v) is 6.91. The number of aromatic hydroxyl groups is 1. The minimum absolute atomic E-state index is 0.285. The summed E-state index contributed by atoms with van der Waals surface area (Å²) >= 11 is 0. The number of hydrogen-bond acceptors (Lipinski definition) is 1. The second-order valence-electron chi connectivity index (χ2n) is 10.3. The van der Waals surface area contributed by atoms with Crippen molar-refractivity contribution in [2.75, 3.05) is 0 Å². The van der Waals surface area contributed by atoms with Crippen molar-refractivity contribution in [2.24, 2.45) is 0 Å².